The second kappa shape index (κ2) is 7.86. The molecule has 0 aliphatic carbocycles. The third-order valence-electron chi connectivity index (χ3n) is 4.35. The number of esters is 1. The molecule has 0 unspecified atom stereocenters. The number of carbonyl (C=O) groups is 2. The van der Waals surface area contributed by atoms with Crippen LogP contribution in [0.2, 0.25) is 5.02 Å². The number of halogens is 1. The minimum Gasteiger partial charge on any atom is -0.451 e. The molecule has 0 radical (unpaired) electrons. The summed E-state index contributed by atoms with van der Waals surface area (Å²) >= 11 is 5.97. The summed E-state index contributed by atoms with van der Waals surface area (Å²) in [6.07, 6.45) is 2.10. The number of aromatic nitrogens is 3. The molecule has 26 heavy (non-hydrogen) atoms. The summed E-state index contributed by atoms with van der Waals surface area (Å²) in [5.74, 6) is -0.359. The van der Waals surface area contributed by atoms with Crippen LogP contribution in [-0.4, -0.2) is 51.5 Å². The smallest absolute Gasteiger partial charge is 0.361 e. The molecule has 1 amide bonds. The van der Waals surface area contributed by atoms with E-state index in [2.05, 4.69) is 17.1 Å². The van der Waals surface area contributed by atoms with E-state index in [0.717, 1.165) is 12.8 Å². The van der Waals surface area contributed by atoms with Crippen LogP contribution in [0, 0.1) is 12.8 Å². The molecule has 0 spiro atoms. The summed E-state index contributed by atoms with van der Waals surface area (Å²) in [4.78, 5) is 27.6. The quantitative estimate of drug-likeness (QED) is 0.766. The van der Waals surface area contributed by atoms with Gasteiger partial charge >= 0.3 is 5.97 Å². The zero-order chi connectivity index (χ0) is 18.7. The van der Waals surface area contributed by atoms with Gasteiger partial charge in [-0.05, 0) is 43.9 Å². The standard InChI is InChI=1S/C18H21ClN4O3/c1-12-5-4-8-22(10-12)16(24)11-26-18(25)17-13(2)20-23(21-17)15-7-3-6-14(19)9-15/h3,6-7,9,12H,4-5,8,10-11H2,1-2H3/t12-/m0/s1. The fraction of sp³-hybridized carbons (Fsp3) is 0.444. The lowest BCUT2D eigenvalue weighted by Crippen LogP contribution is -2.41. The first-order valence-corrected chi connectivity index (χ1v) is 8.96. The van der Waals surface area contributed by atoms with Gasteiger partial charge in [-0.3, -0.25) is 4.79 Å². The molecule has 138 valence electrons. The number of ether oxygens (including phenoxy) is 1. The minimum absolute atomic E-state index is 0.0878. The monoisotopic (exact) mass is 376 g/mol. The van der Waals surface area contributed by atoms with Gasteiger partial charge in [-0.2, -0.15) is 9.90 Å². The van der Waals surface area contributed by atoms with Crippen molar-refractivity contribution < 1.29 is 14.3 Å². The van der Waals surface area contributed by atoms with Crippen molar-refractivity contribution in [2.24, 2.45) is 5.92 Å². The van der Waals surface area contributed by atoms with Crippen molar-refractivity contribution in [3.05, 3.63) is 40.7 Å². The average molecular weight is 377 g/mol. The Bertz CT molecular complexity index is 821. The van der Waals surface area contributed by atoms with Crippen LogP contribution >= 0.6 is 11.6 Å². The fourth-order valence-electron chi connectivity index (χ4n) is 2.99. The molecular formula is C18H21ClN4O3. The van der Waals surface area contributed by atoms with Crippen molar-refractivity contribution >= 4 is 23.5 Å². The molecule has 8 heteroatoms. The maximum Gasteiger partial charge on any atom is 0.361 e. The van der Waals surface area contributed by atoms with E-state index >= 15 is 0 Å². The Morgan fingerprint density at radius 1 is 1.35 bits per heavy atom. The molecule has 1 saturated heterocycles. The van der Waals surface area contributed by atoms with Crippen LogP contribution < -0.4 is 0 Å². The van der Waals surface area contributed by atoms with Crippen LogP contribution in [0.15, 0.2) is 24.3 Å². The molecule has 1 aliphatic heterocycles. The van der Waals surface area contributed by atoms with Crippen molar-refractivity contribution in [3.8, 4) is 5.69 Å². The van der Waals surface area contributed by atoms with Gasteiger partial charge in [0, 0.05) is 18.1 Å². The number of aryl methyl sites for hydroxylation is 1. The SMILES string of the molecule is Cc1nn(-c2cccc(Cl)c2)nc1C(=O)OCC(=O)N1CCC[C@H](C)C1. The zero-order valence-corrected chi connectivity index (χ0v) is 15.6. The van der Waals surface area contributed by atoms with Crippen LogP contribution in [0.1, 0.15) is 35.9 Å². The highest BCUT2D eigenvalue weighted by Gasteiger charge is 2.24. The number of hydrogen-bond donors (Lipinski definition) is 0. The van der Waals surface area contributed by atoms with Crippen molar-refractivity contribution in [2.75, 3.05) is 19.7 Å². The minimum atomic E-state index is -0.658. The van der Waals surface area contributed by atoms with Gasteiger partial charge in [-0.25, -0.2) is 4.79 Å². The molecule has 0 N–H and O–H groups in total. The van der Waals surface area contributed by atoms with Crippen molar-refractivity contribution in [3.63, 3.8) is 0 Å². The molecule has 2 aromatic rings. The zero-order valence-electron chi connectivity index (χ0n) is 14.8. The highest BCUT2D eigenvalue weighted by Crippen LogP contribution is 2.16. The van der Waals surface area contributed by atoms with E-state index in [1.165, 1.54) is 4.80 Å². The largest absolute Gasteiger partial charge is 0.451 e. The van der Waals surface area contributed by atoms with Crippen LogP contribution in [0.5, 0.6) is 0 Å². The Labute approximate surface area is 156 Å². The second-order valence-corrected chi connectivity index (χ2v) is 7.00. The second-order valence-electron chi connectivity index (χ2n) is 6.57. The molecule has 1 aliphatic rings. The lowest BCUT2D eigenvalue weighted by molar-refractivity contribution is -0.136. The molecule has 0 bridgehead atoms. The Balaban J connectivity index is 1.64. The Kier molecular flexibility index (Phi) is 5.56. The predicted molar refractivity (Wildman–Crippen MR) is 96.4 cm³/mol. The Morgan fingerprint density at radius 3 is 2.88 bits per heavy atom. The van der Waals surface area contributed by atoms with Crippen LogP contribution in [0.4, 0.5) is 0 Å². The molecule has 3 rings (SSSR count). The van der Waals surface area contributed by atoms with Gasteiger partial charge in [0.2, 0.25) is 0 Å². The number of likely N-dealkylation sites (tertiary alicyclic amines) is 1. The van der Waals surface area contributed by atoms with Crippen LogP contribution in [0.3, 0.4) is 0 Å². The summed E-state index contributed by atoms with van der Waals surface area (Å²) in [6, 6.07) is 6.98. The average Bonchev–Trinajstić information content (AvgIpc) is 3.01. The van der Waals surface area contributed by atoms with E-state index < -0.39 is 5.97 Å². The third-order valence-corrected chi connectivity index (χ3v) is 4.59. The molecule has 0 saturated carbocycles. The molecule has 1 atom stereocenters. The summed E-state index contributed by atoms with van der Waals surface area (Å²) in [5.41, 5.74) is 1.15. The summed E-state index contributed by atoms with van der Waals surface area (Å²) in [5, 5.41) is 8.94. The molecule has 7 nitrogen and oxygen atoms in total. The summed E-state index contributed by atoms with van der Waals surface area (Å²) in [6.45, 7) is 4.92. The predicted octanol–water partition coefficient (Wildman–Crippen LogP) is 2.64. The number of nitrogens with zero attached hydrogens (tertiary/aromatic N) is 4. The first-order valence-electron chi connectivity index (χ1n) is 8.59. The number of carbonyl (C=O) groups excluding carboxylic acids is 2. The molecule has 1 fully saturated rings. The third kappa shape index (κ3) is 4.22. The van der Waals surface area contributed by atoms with E-state index in [1.54, 1.807) is 36.1 Å². The Morgan fingerprint density at radius 2 is 2.15 bits per heavy atom. The lowest BCUT2D eigenvalue weighted by Gasteiger charge is -2.30. The highest BCUT2D eigenvalue weighted by molar-refractivity contribution is 6.30. The van der Waals surface area contributed by atoms with E-state index in [0.29, 0.717) is 35.4 Å². The van der Waals surface area contributed by atoms with Crippen molar-refractivity contribution in [1.82, 2.24) is 19.9 Å². The van der Waals surface area contributed by atoms with Crippen molar-refractivity contribution in [1.29, 1.82) is 0 Å². The van der Waals surface area contributed by atoms with E-state index in [9.17, 15) is 9.59 Å². The van der Waals surface area contributed by atoms with Gasteiger partial charge in [0.15, 0.2) is 12.3 Å². The van der Waals surface area contributed by atoms with Crippen molar-refractivity contribution in [2.45, 2.75) is 26.7 Å². The fourth-order valence-corrected chi connectivity index (χ4v) is 3.17. The van der Waals surface area contributed by atoms with E-state index in [1.807, 2.05) is 0 Å². The first kappa shape index (κ1) is 18.4. The number of benzene rings is 1. The van der Waals surface area contributed by atoms with Gasteiger partial charge < -0.3 is 9.64 Å². The lowest BCUT2D eigenvalue weighted by atomic mass is 10.0. The van der Waals surface area contributed by atoms with Gasteiger partial charge in [0.25, 0.3) is 5.91 Å². The topological polar surface area (TPSA) is 77.3 Å². The summed E-state index contributed by atoms with van der Waals surface area (Å²) < 4.78 is 5.16. The molecule has 1 aromatic carbocycles. The number of rotatable bonds is 4. The molecule has 1 aromatic heterocycles. The molecule has 2 heterocycles. The van der Waals surface area contributed by atoms with Crippen LogP contribution in [0.25, 0.3) is 5.69 Å². The highest BCUT2D eigenvalue weighted by atomic mass is 35.5. The van der Waals surface area contributed by atoms with Gasteiger partial charge in [0.1, 0.15) is 0 Å². The number of amides is 1. The molecular weight excluding hydrogens is 356 g/mol. The Hall–Kier alpha value is -2.41. The van der Waals surface area contributed by atoms with Gasteiger partial charge in [-0.15, -0.1) is 5.10 Å². The van der Waals surface area contributed by atoms with Crippen LogP contribution in [-0.2, 0) is 9.53 Å². The first-order chi connectivity index (χ1) is 12.4. The normalized spacial score (nSPS) is 17.2. The van der Waals surface area contributed by atoms with Gasteiger partial charge in [-0.1, -0.05) is 24.6 Å². The number of piperidine rings is 1. The van der Waals surface area contributed by atoms with E-state index in [-0.39, 0.29) is 18.2 Å². The number of hydrogen-bond acceptors (Lipinski definition) is 5. The van der Waals surface area contributed by atoms with Gasteiger partial charge in [0.05, 0.1) is 11.4 Å². The summed E-state index contributed by atoms with van der Waals surface area (Å²) in [7, 11) is 0. The maximum atomic E-state index is 12.3. The maximum absolute atomic E-state index is 12.3. The van der Waals surface area contributed by atoms with E-state index in [4.69, 9.17) is 16.3 Å².